The molecule has 0 radical (unpaired) electrons. The zero-order valence-corrected chi connectivity index (χ0v) is 15.6. The number of anilines is 1. The molecule has 3 heterocycles. The van der Waals surface area contributed by atoms with Gasteiger partial charge in [0.1, 0.15) is 18.3 Å². The van der Waals surface area contributed by atoms with Gasteiger partial charge in [-0.3, -0.25) is 4.57 Å². The van der Waals surface area contributed by atoms with E-state index in [-0.39, 0.29) is 6.61 Å². The van der Waals surface area contributed by atoms with Gasteiger partial charge in [-0.2, -0.15) is 0 Å². The molecule has 0 saturated carbocycles. The Morgan fingerprint density at radius 2 is 2.12 bits per heavy atom. The molecular weight excluding hydrogens is 358 g/mol. The molecule has 4 atom stereocenters. The van der Waals surface area contributed by atoms with Crippen LogP contribution in [0.2, 0.25) is 0 Å². The first-order valence-corrected chi connectivity index (χ1v) is 9.47. The number of aromatic nitrogens is 4. The molecule has 10 heteroatoms. The summed E-state index contributed by atoms with van der Waals surface area (Å²) in [5, 5.41) is 33.3. The summed E-state index contributed by atoms with van der Waals surface area (Å²) < 4.78 is 7.15. The second-order valence-electron chi connectivity index (χ2n) is 6.27. The van der Waals surface area contributed by atoms with Crippen molar-refractivity contribution in [2.75, 3.05) is 24.7 Å². The summed E-state index contributed by atoms with van der Waals surface area (Å²) in [4.78, 5) is 13.3. The van der Waals surface area contributed by atoms with Crippen LogP contribution in [0.1, 0.15) is 20.1 Å². The lowest BCUT2D eigenvalue weighted by molar-refractivity contribution is -0.0511. The molecule has 0 spiro atoms. The topological polar surface area (TPSA) is 126 Å². The fourth-order valence-electron chi connectivity index (χ4n) is 2.76. The number of hydrogen-bond donors (Lipinski definition) is 4. The third kappa shape index (κ3) is 3.55. The number of fused-ring (bicyclic) bond motifs is 1. The zero-order chi connectivity index (χ0) is 18.8. The second-order valence-corrected chi connectivity index (χ2v) is 7.05. The molecule has 26 heavy (non-hydrogen) atoms. The summed E-state index contributed by atoms with van der Waals surface area (Å²) in [6, 6.07) is 0. The highest BCUT2D eigenvalue weighted by Gasteiger charge is 2.44. The van der Waals surface area contributed by atoms with E-state index >= 15 is 0 Å². The van der Waals surface area contributed by atoms with Crippen LogP contribution >= 0.6 is 11.8 Å². The minimum atomic E-state index is -1.20. The minimum absolute atomic E-state index is 0.387. The number of rotatable bonds is 6. The average molecular weight is 381 g/mol. The number of ether oxygens (including phenoxy) is 1. The number of allylic oxidation sites excluding steroid dienone is 1. The van der Waals surface area contributed by atoms with E-state index in [0.29, 0.717) is 28.7 Å². The Morgan fingerprint density at radius 3 is 2.73 bits per heavy atom. The van der Waals surface area contributed by atoms with Crippen LogP contribution in [0.15, 0.2) is 23.1 Å². The van der Waals surface area contributed by atoms with Gasteiger partial charge in [0.05, 0.1) is 12.9 Å². The summed E-state index contributed by atoms with van der Waals surface area (Å²) in [6.45, 7) is 4.24. The molecule has 1 saturated heterocycles. The Labute approximate surface area is 155 Å². The van der Waals surface area contributed by atoms with Crippen molar-refractivity contribution in [3.8, 4) is 0 Å². The van der Waals surface area contributed by atoms with Crippen LogP contribution in [0.3, 0.4) is 0 Å². The molecule has 3 rings (SSSR count). The maximum atomic E-state index is 10.3. The van der Waals surface area contributed by atoms with Crippen molar-refractivity contribution in [1.29, 1.82) is 0 Å². The number of nitrogens with zero attached hydrogens (tertiary/aromatic N) is 4. The molecule has 0 bridgehead atoms. The summed E-state index contributed by atoms with van der Waals surface area (Å²) in [5.74, 6) is 0.586. The Morgan fingerprint density at radius 1 is 1.35 bits per heavy atom. The van der Waals surface area contributed by atoms with Crippen molar-refractivity contribution in [3.63, 3.8) is 0 Å². The molecule has 4 N–H and O–H groups in total. The largest absolute Gasteiger partial charge is 0.394 e. The predicted octanol–water partition coefficient (Wildman–Crippen LogP) is 0.538. The lowest BCUT2D eigenvalue weighted by Gasteiger charge is -2.17. The number of hydrogen-bond acceptors (Lipinski definition) is 9. The molecule has 1 fully saturated rings. The van der Waals surface area contributed by atoms with Crippen LogP contribution in [-0.2, 0) is 4.74 Å². The van der Waals surface area contributed by atoms with Crippen molar-refractivity contribution in [3.05, 3.63) is 18.0 Å². The first-order valence-electron chi connectivity index (χ1n) is 8.24. The van der Waals surface area contributed by atoms with Crippen molar-refractivity contribution >= 4 is 28.7 Å². The Bertz CT molecular complexity index is 807. The standard InChI is InChI=1S/C16H23N5O4S/c1-8(2)4-5-17-13-10-14(20-16(19-13)26-3)21(7-18-10)15-12(24)11(23)9(6-22)25-15/h4,7,9,11-12,15,22-24H,5-6H2,1-3H3,(H,17,19,20). The Balaban J connectivity index is 1.99. The highest BCUT2D eigenvalue weighted by Crippen LogP contribution is 2.32. The summed E-state index contributed by atoms with van der Waals surface area (Å²) in [6.07, 6.45) is 1.28. The molecule has 1 aliphatic rings. The van der Waals surface area contributed by atoms with E-state index in [9.17, 15) is 15.3 Å². The van der Waals surface area contributed by atoms with E-state index in [0.717, 1.165) is 0 Å². The fourth-order valence-corrected chi connectivity index (χ4v) is 3.12. The van der Waals surface area contributed by atoms with E-state index in [1.54, 1.807) is 4.57 Å². The molecule has 142 valence electrons. The first-order chi connectivity index (χ1) is 12.5. The van der Waals surface area contributed by atoms with Crippen molar-refractivity contribution in [2.24, 2.45) is 0 Å². The monoisotopic (exact) mass is 381 g/mol. The molecule has 9 nitrogen and oxygen atoms in total. The van der Waals surface area contributed by atoms with Crippen LogP contribution in [0.25, 0.3) is 11.2 Å². The van der Waals surface area contributed by atoms with Gasteiger partial charge >= 0.3 is 0 Å². The third-order valence-electron chi connectivity index (χ3n) is 4.15. The lowest BCUT2D eigenvalue weighted by Crippen LogP contribution is -2.33. The van der Waals surface area contributed by atoms with E-state index in [2.05, 4.69) is 20.3 Å². The highest BCUT2D eigenvalue weighted by atomic mass is 32.2. The quantitative estimate of drug-likeness (QED) is 0.322. The number of thioether (sulfide) groups is 1. The van der Waals surface area contributed by atoms with Gasteiger partial charge in [0.15, 0.2) is 28.4 Å². The SMILES string of the molecule is CSc1nc(NCC=C(C)C)c2ncn(C3OC(CO)C(O)C3O)c2n1. The molecule has 4 unspecified atom stereocenters. The van der Waals surface area contributed by atoms with Crippen molar-refractivity contribution in [2.45, 2.75) is 43.5 Å². The number of aliphatic hydroxyl groups is 3. The van der Waals surface area contributed by atoms with Gasteiger partial charge in [-0.05, 0) is 20.1 Å². The van der Waals surface area contributed by atoms with Gasteiger partial charge in [-0.25, -0.2) is 15.0 Å². The molecular formula is C16H23N5O4S. The molecule has 0 amide bonds. The third-order valence-corrected chi connectivity index (χ3v) is 4.70. The van der Waals surface area contributed by atoms with Crippen LogP contribution < -0.4 is 5.32 Å². The van der Waals surface area contributed by atoms with Gasteiger partial charge in [0.25, 0.3) is 0 Å². The average Bonchev–Trinajstić information content (AvgIpc) is 3.16. The molecule has 1 aliphatic heterocycles. The fraction of sp³-hybridized carbons (Fsp3) is 0.562. The molecule has 2 aromatic heterocycles. The van der Waals surface area contributed by atoms with E-state index < -0.39 is 24.5 Å². The highest BCUT2D eigenvalue weighted by molar-refractivity contribution is 7.98. The number of imidazole rings is 1. The van der Waals surface area contributed by atoms with Gasteiger partial charge < -0.3 is 25.4 Å². The van der Waals surface area contributed by atoms with Crippen LogP contribution in [0.5, 0.6) is 0 Å². The summed E-state index contributed by atoms with van der Waals surface area (Å²) in [7, 11) is 0. The second kappa shape index (κ2) is 7.89. The summed E-state index contributed by atoms with van der Waals surface area (Å²) in [5.41, 5.74) is 2.21. The maximum absolute atomic E-state index is 10.3. The van der Waals surface area contributed by atoms with E-state index in [4.69, 9.17) is 4.74 Å². The number of nitrogens with one attached hydrogen (secondary N) is 1. The molecule has 0 aliphatic carbocycles. The maximum Gasteiger partial charge on any atom is 0.191 e. The van der Waals surface area contributed by atoms with Gasteiger partial charge in [-0.1, -0.05) is 23.4 Å². The van der Waals surface area contributed by atoms with Crippen LogP contribution in [0, 0.1) is 0 Å². The van der Waals surface area contributed by atoms with Crippen LogP contribution in [0.4, 0.5) is 5.82 Å². The lowest BCUT2D eigenvalue weighted by atomic mass is 10.1. The van der Waals surface area contributed by atoms with Gasteiger partial charge in [0.2, 0.25) is 0 Å². The van der Waals surface area contributed by atoms with Gasteiger partial charge in [0, 0.05) is 6.54 Å². The van der Waals surface area contributed by atoms with Gasteiger partial charge in [-0.15, -0.1) is 0 Å². The Kier molecular flexibility index (Phi) is 5.78. The number of aliphatic hydroxyl groups excluding tert-OH is 3. The van der Waals surface area contributed by atoms with E-state index in [1.807, 2.05) is 26.2 Å². The molecule has 0 aromatic carbocycles. The van der Waals surface area contributed by atoms with E-state index in [1.165, 1.54) is 23.7 Å². The normalized spacial score (nSPS) is 25.6. The van der Waals surface area contributed by atoms with Crippen molar-refractivity contribution in [1.82, 2.24) is 19.5 Å². The summed E-state index contributed by atoms with van der Waals surface area (Å²) >= 11 is 1.39. The first kappa shape index (κ1) is 19.1. The zero-order valence-electron chi connectivity index (χ0n) is 14.8. The molecule has 2 aromatic rings. The predicted molar refractivity (Wildman–Crippen MR) is 98.0 cm³/mol. The smallest absolute Gasteiger partial charge is 0.191 e. The van der Waals surface area contributed by atoms with Crippen LogP contribution in [-0.4, -0.2) is 72.6 Å². The van der Waals surface area contributed by atoms with Crippen molar-refractivity contribution < 1.29 is 20.1 Å². The minimum Gasteiger partial charge on any atom is -0.394 e. The Hall–Kier alpha value is -1.72.